The van der Waals surface area contributed by atoms with Crippen LogP contribution in [0, 0.1) is 0 Å². The molecular weight excluding hydrogens is 232 g/mol. The number of ether oxygens (including phenoxy) is 1. The molecule has 1 unspecified atom stereocenters. The van der Waals surface area contributed by atoms with Crippen molar-refractivity contribution in [2.24, 2.45) is 0 Å². The summed E-state index contributed by atoms with van der Waals surface area (Å²) in [5.74, 6) is -0.0400. The Labute approximate surface area is 109 Å². The third-order valence-corrected chi connectivity index (χ3v) is 3.17. The van der Waals surface area contributed by atoms with Gasteiger partial charge in [-0.2, -0.15) is 0 Å². The minimum Gasteiger partial charge on any atom is -0.394 e. The van der Waals surface area contributed by atoms with Gasteiger partial charge in [0.05, 0.1) is 12.6 Å². The van der Waals surface area contributed by atoms with Crippen LogP contribution in [0.3, 0.4) is 0 Å². The molecule has 1 saturated heterocycles. The van der Waals surface area contributed by atoms with Crippen molar-refractivity contribution in [2.45, 2.75) is 57.7 Å². The summed E-state index contributed by atoms with van der Waals surface area (Å²) >= 11 is 0. The number of hydrogen-bond donors (Lipinski definition) is 3. The lowest BCUT2D eigenvalue weighted by Gasteiger charge is -2.39. The quantitative estimate of drug-likeness (QED) is 0.683. The van der Waals surface area contributed by atoms with Gasteiger partial charge in [0.25, 0.3) is 0 Å². The van der Waals surface area contributed by atoms with Gasteiger partial charge in [0.1, 0.15) is 0 Å². The van der Waals surface area contributed by atoms with Crippen LogP contribution in [0.1, 0.15) is 40.5 Å². The maximum Gasteiger partial charge on any atom is 0.237 e. The van der Waals surface area contributed by atoms with Gasteiger partial charge >= 0.3 is 0 Å². The fraction of sp³-hybridized carbons (Fsp3) is 0.923. The lowest BCUT2D eigenvalue weighted by atomic mass is 9.90. The fourth-order valence-corrected chi connectivity index (χ4v) is 2.11. The Hall–Kier alpha value is -0.650. The second-order valence-corrected chi connectivity index (χ2v) is 6.16. The molecule has 0 aliphatic carbocycles. The third-order valence-electron chi connectivity index (χ3n) is 3.17. The predicted molar refractivity (Wildman–Crippen MR) is 70.4 cm³/mol. The van der Waals surface area contributed by atoms with Crippen LogP contribution in [0.5, 0.6) is 0 Å². The Bertz CT molecular complexity index is 280. The standard InChI is InChI=1S/C13H26N2O3/c1-10(11(17)15-12(2,3)4)14-13(9-16)5-7-18-8-6-13/h10,14,16H,5-9H2,1-4H3,(H,15,17). The van der Waals surface area contributed by atoms with Gasteiger partial charge in [0, 0.05) is 24.3 Å². The number of aliphatic hydroxyl groups excluding tert-OH is 1. The second-order valence-electron chi connectivity index (χ2n) is 6.16. The van der Waals surface area contributed by atoms with Gasteiger partial charge < -0.3 is 15.2 Å². The van der Waals surface area contributed by atoms with Gasteiger partial charge in [-0.1, -0.05) is 0 Å². The predicted octanol–water partition coefficient (Wildman–Crippen LogP) is 0.421. The first kappa shape index (κ1) is 15.4. The molecule has 5 heteroatoms. The number of carbonyl (C=O) groups excluding carboxylic acids is 1. The van der Waals surface area contributed by atoms with E-state index in [1.54, 1.807) is 0 Å². The summed E-state index contributed by atoms with van der Waals surface area (Å²) in [5, 5.41) is 15.8. The molecule has 1 rings (SSSR count). The molecule has 0 bridgehead atoms. The number of hydrogen-bond acceptors (Lipinski definition) is 4. The molecule has 1 heterocycles. The summed E-state index contributed by atoms with van der Waals surface area (Å²) in [4.78, 5) is 12.0. The van der Waals surface area contributed by atoms with E-state index in [1.807, 2.05) is 27.7 Å². The molecule has 0 spiro atoms. The van der Waals surface area contributed by atoms with Crippen molar-refractivity contribution in [3.05, 3.63) is 0 Å². The van der Waals surface area contributed by atoms with Crippen LogP contribution in [-0.2, 0) is 9.53 Å². The van der Waals surface area contributed by atoms with E-state index in [4.69, 9.17) is 4.74 Å². The SMILES string of the molecule is CC(NC1(CO)CCOCC1)C(=O)NC(C)(C)C. The molecule has 0 saturated carbocycles. The summed E-state index contributed by atoms with van der Waals surface area (Å²) in [7, 11) is 0. The maximum absolute atomic E-state index is 12.0. The molecule has 0 radical (unpaired) electrons. The molecule has 1 fully saturated rings. The molecule has 3 N–H and O–H groups in total. The average molecular weight is 258 g/mol. The van der Waals surface area contributed by atoms with Gasteiger partial charge in [0.2, 0.25) is 5.91 Å². The highest BCUT2D eigenvalue weighted by atomic mass is 16.5. The normalized spacial score (nSPS) is 21.4. The van der Waals surface area contributed by atoms with Crippen molar-refractivity contribution in [3.8, 4) is 0 Å². The second kappa shape index (κ2) is 5.99. The van der Waals surface area contributed by atoms with E-state index in [2.05, 4.69) is 10.6 Å². The van der Waals surface area contributed by atoms with E-state index < -0.39 is 0 Å². The molecule has 1 amide bonds. The monoisotopic (exact) mass is 258 g/mol. The minimum absolute atomic E-state index is 0.0312. The third kappa shape index (κ3) is 4.55. The van der Waals surface area contributed by atoms with E-state index in [0.717, 1.165) is 12.8 Å². The smallest absolute Gasteiger partial charge is 0.237 e. The van der Waals surface area contributed by atoms with Crippen LogP contribution < -0.4 is 10.6 Å². The van der Waals surface area contributed by atoms with E-state index in [-0.39, 0.29) is 29.6 Å². The van der Waals surface area contributed by atoms with E-state index in [0.29, 0.717) is 13.2 Å². The first-order valence-electron chi connectivity index (χ1n) is 6.56. The van der Waals surface area contributed by atoms with Crippen LogP contribution in [0.2, 0.25) is 0 Å². The number of carbonyl (C=O) groups is 1. The average Bonchev–Trinajstić information content (AvgIpc) is 2.28. The summed E-state index contributed by atoms with van der Waals surface area (Å²) in [5.41, 5.74) is -0.623. The number of nitrogens with one attached hydrogen (secondary N) is 2. The summed E-state index contributed by atoms with van der Waals surface area (Å²) in [6.07, 6.45) is 1.47. The summed E-state index contributed by atoms with van der Waals surface area (Å²) in [6, 6.07) is -0.325. The number of aliphatic hydroxyl groups is 1. The van der Waals surface area contributed by atoms with Crippen LogP contribution in [0.25, 0.3) is 0 Å². The van der Waals surface area contributed by atoms with E-state index in [9.17, 15) is 9.90 Å². The molecule has 0 aromatic rings. The van der Waals surface area contributed by atoms with Crippen molar-refractivity contribution in [3.63, 3.8) is 0 Å². The zero-order valence-corrected chi connectivity index (χ0v) is 11.9. The van der Waals surface area contributed by atoms with Crippen LogP contribution in [0.4, 0.5) is 0 Å². The Morgan fingerprint density at radius 3 is 2.39 bits per heavy atom. The summed E-state index contributed by atoms with van der Waals surface area (Å²) in [6.45, 7) is 8.97. The lowest BCUT2D eigenvalue weighted by Crippen LogP contribution is -2.60. The molecule has 18 heavy (non-hydrogen) atoms. The Kier molecular flexibility index (Phi) is 5.13. The molecule has 1 aliphatic heterocycles. The zero-order chi connectivity index (χ0) is 13.8. The van der Waals surface area contributed by atoms with Crippen molar-refractivity contribution in [1.82, 2.24) is 10.6 Å². The number of amides is 1. The molecule has 1 atom stereocenters. The molecule has 1 aliphatic rings. The van der Waals surface area contributed by atoms with Gasteiger partial charge in [-0.15, -0.1) is 0 Å². The van der Waals surface area contributed by atoms with Gasteiger partial charge in [-0.3, -0.25) is 10.1 Å². The maximum atomic E-state index is 12.0. The van der Waals surface area contributed by atoms with Crippen molar-refractivity contribution in [2.75, 3.05) is 19.8 Å². The Morgan fingerprint density at radius 2 is 1.94 bits per heavy atom. The Morgan fingerprint density at radius 1 is 1.39 bits per heavy atom. The highest BCUT2D eigenvalue weighted by Crippen LogP contribution is 2.20. The molecule has 5 nitrogen and oxygen atoms in total. The lowest BCUT2D eigenvalue weighted by molar-refractivity contribution is -0.125. The Balaban J connectivity index is 2.56. The van der Waals surface area contributed by atoms with Crippen LogP contribution in [0.15, 0.2) is 0 Å². The van der Waals surface area contributed by atoms with Gasteiger partial charge in [-0.05, 0) is 40.5 Å². The fourth-order valence-electron chi connectivity index (χ4n) is 2.11. The molecular formula is C13H26N2O3. The van der Waals surface area contributed by atoms with Crippen LogP contribution in [-0.4, -0.2) is 48.0 Å². The van der Waals surface area contributed by atoms with Gasteiger partial charge in [0.15, 0.2) is 0 Å². The molecule has 106 valence electrons. The van der Waals surface area contributed by atoms with E-state index >= 15 is 0 Å². The molecule has 0 aromatic carbocycles. The van der Waals surface area contributed by atoms with Crippen molar-refractivity contribution >= 4 is 5.91 Å². The summed E-state index contributed by atoms with van der Waals surface area (Å²) < 4.78 is 5.30. The zero-order valence-electron chi connectivity index (χ0n) is 11.9. The van der Waals surface area contributed by atoms with Crippen LogP contribution >= 0.6 is 0 Å². The first-order valence-corrected chi connectivity index (χ1v) is 6.56. The topological polar surface area (TPSA) is 70.6 Å². The van der Waals surface area contributed by atoms with E-state index in [1.165, 1.54) is 0 Å². The largest absolute Gasteiger partial charge is 0.394 e. The molecule has 0 aromatic heterocycles. The first-order chi connectivity index (χ1) is 8.28. The van der Waals surface area contributed by atoms with Gasteiger partial charge in [-0.25, -0.2) is 0 Å². The number of rotatable bonds is 4. The minimum atomic E-state index is -0.382. The highest BCUT2D eigenvalue weighted by molar-refractivity contribution is 5.82. The highest BCUT2D eigenvalue weighted by Gasteiger charge is 2.34. The van der Waals surface area contributed by atoms with Crippen molar-refractivity contribution in [1.29, 1.82) is 0 Å². The van der Waals surface area contributed by atoms with Crippen molar-refractivity contribution < 1.29 is 14.6 Å².